The number of nitrogens with one attached hydrogen (secondary N) is 1. The highest BCUT2D eigenvalue weighted by Crippen LogP contribution is 2.19. The zero-order valence-corrected chi connectivity index (χ0v) is 8.82. The molecule has 0 amide bonds. The smallest absolute Gasteiger partial charge is 0.162 e. The van der Waals surface area contributed by atoms with Crippen LogP contribution in [0.15, 0.2) is 12.1 Å². The molecule has 1 N–H and O–H groups in total. The minimum Gasteiger partial charge on any atom is -0.314 e. The second-order valence-electron chi connectivity index (χ2n) is 4.17. The number of hydrogen-bond acceptors (Lipinski definition) is 1. The highest BCUT2D eigenvalue weighted by Gasteiger charge is 2.18. The quantitative estimate of drug-likeness (QED) is 0.792. The van der Waals surface area contributed by atoms with Crippen molar-refractivity contribution in [2.75, 3.05) is 6.54 Å². The Hall–Kier alpha value is -0.960. The minimum absolute atomic E-state index is 0.307. The number of aryl methyl sites for hydroxylation is 1. The molecule has 0 aliphatic carbocycles. The van der Waals surface area contributed by atoms with Crippen molar-refractivity contribution in [1.82, 2.24) is 5.32 Å². The van der Waals surface area contributed by atoms with Crippen molar-refractivity contribution in [1.29, 1.82) is 0 Å². The number of rotatable bonds is 2. The summed E-state index contributed by atoms with van der Waals surface area (Å²) >= 11 is 0. The third-order valence-electron chi connectivity index (χ3n) is 2.98. The lowest BCUT2D eigenvalue weighted by atomic mass is 10.0. The molecule has 1 aromatic rings. The van der Waals surface area contributed by atoms with Crippen LogP contribution in [0, 0.1) is 18.6 Å². The van der Waals surface area contributed by atoms with Gasteiger partial charge in [0.05, 0.1) is 0 Å². The van der Waals surface area contributed by atoms with Gasteiger partial charge in [-0.2, -0.15) is 0 Å². The summed E-state index contributed by atoms with van der Waals surface area (Å²) in [6.45, 7) is 2.57. The SMILES string of the molecule is Cc1ccc(CC2CCCN2)c(F)c1F. The summed E-state index contributed by atoms with van der Waals surface area (Å²) < 4.78 is 26.8. The topological polar surface area (TPSA) is 12.0 Å². The summed E-state index contributed by atoms with van der Waals surface area (Å²) in [6.07, 6.45) is 2.76. The summed E-state index contributed by atoms with van der Waals surface area (Å²) in [5.74, 6) is -1.38. The maximum atomic E-state index is 13.5. The Morgan fingerprint density at radius 1 is 1.33 bits per heavy atom. The molecule has 1 aliphatic rings. The second-order valence-corrected chi connectivity index (χ2v) is 4.17. The van der Waals surface area contributed by atoms with Crippen molar-refractivity contribution in [3.63, 3.8) is 0 Å². The molecule has 0 radical (unpaired) electrons. The van der Waals surface area contributed by atoms with Crippen molar-refractivity contribution >= 4 is 0 Å². The number of benzene rings is 1. The molecule has 1 unspecified atom stereocenters. The molecule has 0 saturated carbocycles. The van der Waals surface area contributed by atoms with Gasteiger partial charge in [0.1, 0.15) is 0 Å². The van der Waals surface area contributed by atoms with Gasteiger partial charge in [0.25, 0.3) is 0 Å². The average Bonchev–Trinajstić information content (AvgIpc) is 2.72. The molecule has 1 heterocycles. The van der Waals surface area contributed by atoms with Crippen molar-refractivity contribution in [3.05, 3.63) is 34.9 Å². The van der Waals surface area contributed by atoms with Crippen molar-refractivity contribution in [2.45, 2.75) is 32.2 Å². The molecule has 1 aromatic carbocycles. The molecule has 82 valence electrons. The highest BCUT2D eigenvalue weighted by atomic mass is 19.2. The summed E-state index contributed by atoms with van der Waals surface area (Å²) in [6, 6.07) is 3.64. The van der Waals surface area contributed by atoms with Crippen molar-refractivity contribution in [2.24, 2.45) is 0 Å². The van der Waals surface area contributed by atoms with E-state index in [-0.39, 0.29) is 0 Å². The van der Waals surface area contributed by atoms with Crippen LogP contribution in [0.1, 0.15) is 24.0 Å². The molecular formula is C12H15F2N. The van der Waals surface area contributed by atoms with Gasteiger partial charge in [-0.1, -0.05) is 12.1 Å². The largest absolute Gasteiger partial charge is 0.314 e. The number of hydrogen-bond donors (Lipinski definition) is 1. The van der Waals surface area contributed by atoms with E-state index in [1.807, 2.05) is 0 Å². The van der Waals surface area contributed by atoms with Crippen LogP contribution in [-0.4, -0.2) is 12.6 Å². The van der Waals surface area contributed by atoms with Gasteiger partial charge in [-0.3, -0.25) is 0 Å². The second kappa shape index (κ2) is 4.27. The first-order valence-corrected chi connectivity index (χ1v) is 5.35. The third-order valence-corrected chi connectivity index (χ3v) is 2.98. The highest BCUT2D eigenvalue weighted by molar-refractivity contribution is 5.26. The Labute approximate surface area is 88.5 Å². The Kier molecular flexibility index (Phi) is 3.00. The number of halogens is 2. The van der Waals surface area contributed by atoms with Crippen LogP contribution < -0.4 is 5.32 Å². The van der Waals surface area contributed by atoms with Gasteiger partial charge in [0, 0.05) is 6.04 Å². The van der Waals surface area contributed by atoms with Gasteiger partial charge in [-0.15, -0.1) is 0 Å². The van der Waals surface area contributed by atoms with Gasteiger partial charge in [0.2, 0.25) is 0 Å². The van der Waals surface area contributed by atoms with E-state index < -0.39 is 11.6 Å². The lowest BCUT2D eigenvalue weighted by Crippen LogP contribution is -2.24. The van der Waals surface area contributed by atoms with Crippen LogP contribution in [-0.2, 0) is 6.42 Å². The predicted molar refractivity (Wildman–Crippen MR) is 55.8 cm³/mol. The zero-order chi connectivity index (χ0) is 10.8. The van der Waals surface area contributed by atoms with Crippen molar-refractivity contribution in [3.8, 4) is 0 Å². The van der Waals surface area contributed by atoms with E-state index in [1.54, 1.807) is 19.1 Å². The Bertz CT molecular complexity index is 357. The first kappa shape index (κ1) is 10.6. The molecule has 0 aromatic heterocycles. The molecule has 0 spiro atoms. The molecule has 1 nitrogen and oxygen atoms in total. The summed E-state index contributed by atoms with van der Waals surface area (Å²) in [4.78, 5) is 0. The lowest BCUT2D eigenvalue weighted by molar-refractivity contribution is 0.483. The Morgan fingerprint density at radius 2 is 2.13 bits per heavy atom. The Morgan fingerprint density at radius 3 is 2.80 bits per heavy atom. The van der Waals surface area contributed by atoms with Crippen LogP contribution in [0.4, 0.5) is 8.78 Å². The van der Waals surface area contributed by atoms with Crippen LogP contribution >= 0.6 is 0 Å². The monoisotopic (exact) mass is 211 g/mol. The zero-order valence-electron chi connectivity index (χ0n) is 8.82. The summed E-state index contributed by atoms with van der Waals surface area (Å²) in [5, 5.41) is 3.28. The summed E-state index contributed by atoms with van der Waals surface area (Å²) in [7, 11) is 0. The molecule has 2 rings (SSSR count). The van der Waals surface area contributed by atoms with E-state index in [9.17, 15) is 8.78 Å². The lowest BCUT2D eigenvalue weighted by Gasteiger charge is -2.11. The Balaban J connectivity index is 2.17. The fourth-order valence-electron chi connectivity index (χ4n) is 2.04. The molecule has 15 heavy (non-hydrogen) atoms. The maximum Gasteiger partial charge on any atom is 0.162 e. The molecule has 0 bridgehead atoms. The predicted octanol–water partition coefficient (Wildman–Crippen LogP) is 2.57. The van der Waals surface area contributed by atoms with Crippen LogP contribution in [0.25, 0.3) is 0 Å². The first-order valence-electron chi connectivity index (χ1n) is 5.35. The van der Waals surface area contributed by atoms with E-state index in [4.69, 9.17) is 0 Å². The van der Waals surface area contributed by atoms with Gasteiger partial charge in [-0.25, -0.2) is 8.78 Å². The van der Waals surface area contributed by atoms with Crippen LogP contribution in [0.2, 0.25) is 0 Å². The van der Waals surface area contributed by atoms with Crippen molar-refractivity contribution < 1.29 is 8.78 Å². The van der Waals surface area contributed by atoms with E-state index in [0.717, 1.165) is 19.4 Å². The maximum absolute atomic E-state index is 13.5. The molecule has 3 heteroatoms. The van der Waals surface area contributed by atoms with E-state index >= 15 is 0 Å². The van der Waals surface area contributed by atoms with Gasteiger partial charge in [-0.05, 0) is 43.9 Å². The fraction of sp³-hybridized carbons (Fsp3) is 0.500. The molecular weight excluding hydrogens is 196 g/mol. The minimum atomic E-state index is -0.703. The van der Waals surface area contributed by atoms with Gasteiger partial charge < -0.3 is 5.32 Å². The van der Waals surface area contributed by atoms with E-state index in [1.165, 1.54) is 0 Å². The third kappa shape index (κ3) is 2.17. The van der Waals surface area contributed by atoms with Gasteiger partial charge >= 0.3 is 0 Å². The fourth-order valence-corrected chi connectivity index (χ4v) is 2.04. The molecule has 1 saturated heterocycles. The van der Waals surface area contributed by atoms with Gasteiger partial charge in [0.15, 0.2) is 11.6 Å². The standard InChI is InChI=1S/C12H15F2N/c1-8-4-5-9(12(14)11(8)13)7-10-3-2-6-15-10/h4-5,10,15H,2-3,6-7H2,1H3. The van der Waals surface area contributed by atoms with E-state index in [0.29, 0.717) is 23.6 Å². The van der Waals surface area contributed by atoms with E-state index in [2.05, 4.69) is 5.32 Å². The molecule has 1 fully saturated rings. The first-order chi connectivity index (χ1) is 7.18. The van der Waals surface area contributed by atoms with Crippen LogP contribution in [0.5, 0.6) is 0 Å². The summed E-state index contributed by atoms with van der Waals surface area (Å²) in [5.41, 5.74) is 0.855. The molecule has 1 atom stereocenters. The average molecular weight is 211 g/mol. The van der Waals surface area contributed by atoms with Crippen LogP contribution in [0.3, 0.4) is 0 Å². The normalized spacial score (nSPS) is 20.9. The molecule has 1 aliphatic heterocycles.